The molecule has 0 aliphatic carbocycles. The summed E-state index contributed by atoms with van der Waals surface area (Å²) in [5, 5.41) is 18.3. The Hall–Kier alpha value is -2.16. The van der Waals surface area contributed by atoms with Crippen LogP contribution in [-0.2, 0) is 20.4 Å². The van der Waals surface area contributed by atoms with E-state index < -0.39 is 38.2 Å². The van der Waals surface area contributed by atoms with Gasteiger partial charge in [0.2, 0.25) is 0 Å². The molecule has 0 aliphatic rings. The van der Waals surface area contributed by atoms with Crippen molar-refractivity contribution in [2.45, 2.75) is 24.3 Å². The van der Waals surface area contributed by atoms with E-state index in [0.717, 1.165) is 6.07 Å². The number of hydrogen-bond donors (Lipinski definition) is 1. The summed E-state index contributed by atoms with van der Waals surface area (Å²) < 4.78 is 29.2. The summed E-state index contributed by atoms with van der Waals surface area (Å²) in [5.41, 5.74) is -0.129. The Morgan fingerprint density at radius 1 is 1.48 bits per heavy atom. The van der Waals surface area contributed by atoms with Crippen LogP contribution in [0.15, 0.2) is 18.2 Å². The highest BCUT2D eigenvalue weighted by Gasteiger charge is 2.26. The molecule has 9 heteroatoms. The molecule has 1 unspecified atom stereocenters. The summed E-state index contributed by atoms with van der Waals surface area (Å²) in [7, 11) is -2.45. The third-order valence-electron chi connectivity index (χ3n) is 2.91. The maximum atomic E-state index is 12.1. The van der Waals surface area contributed by atoms with Crippen LogP contribution in [0.4, 0.5) is 5.69 Å². The number of non-ortho nitro benzene ring substituents is 1. The minimum Gasteiger partial charge on any atom is -0.496 e. The van der Waals surface area contributed by atoms with Gasteiger partial charge in [-0.05, 0) is 13.0 Å². The molecule has 0 heterocycles. The lowest BCUT2D eigenvalue weighted by Gasteiger charge is -2.13. The molecule has 8 nitrogen and oxygen atoms in total. The standard InChI is InChI=1S/C12H15NO7S/c1-8(5-12(14)15)21(18,19)7-9-6-10(13(16)17)3-4-11(9)20-2/h3-4,6,8H,5,7H2,1-2H3,(H,14,15). The smallest absolute Gasteiger partial charge is 0.304 e. The largest absolute Gasteiger partial charge is 0.496 e. The molecule has 1 rings (SSSR count). The maximum absolute atomic E-state index is 12.1. The van der Waals surface area contributed by atoms with Crippen LogP contribution in [0.1, 0.15) is 18.9 Å². The van der Waals surface area contributed by atoms with E-state index in [9.17, 15) is 23.3 Å². The molecule has 1 N–H and O–H groups in total. The number of nitro benzene ring substituents is 1. The second-order valence-electron chi connectivity index (χ2n) is 4.47. The number of nitrogens with zero attached hydrogens (tertiary/aromatic N) is 1. The molecule has 0 saturated carbocycles. The fourth-order valence-corrected chi connectivity index (χ4v) is 3.06. The van der Waals surface area contributed by atoms with Crippen LogP contribution in [0.25, 0.3) is 0 Å². The lowest BCUT2D eigenvalue weighted by molar-refractivity contribution is -0.384. The number of benzene rings is 1. The number of methoxy groups -OCH3 is 1. The van der Waals surface area contributed by atoms with Crippen molar-refractivity contribution in [3.8, 4) is 5.75 Å². The van der Waals surface area contributed by atoms with E-state index in [1.165, 1.54) is 26.2 Å². The lowest BCUT2D eigenvalue weighted by Crippen LogP contribution is -2.23. The number of aliphatic carboxylic acids is 1. The van der Waals surface area contributed by atoms with Crippen LogP contribution >= 0.6 is 0 Å². The monoisotopic (exact) mass is 317 g/mol. The minimum atomic E-state index is -3.77. The van der Waals surface area contributed by atoms with E-state index in [-0.39, 0.29) is 17.0 Å². The SMILES string of the molecule is COc1ccc([N+](=O)[O-])cc1CS(=O)(=O)C(C)CC(=O)O. The van der Waals surface area contributed by atoms with E-state index >= 15 is 0 Å². The normalized spacial score (nSPS) is 12.7. The average Bonchev–Trinajstić information content (AvgIpc) is 2.37. The predicted octanol–water partition coefficient (Wildman–Crippen LogP) is 1.38. The summed E-state index contributed by atoms with van der Waals surface area (Å²) in [5.74, 6) is -1.55. The first kappa shape index (κ1) is 16.9. The number of carbonyl (C=O) groups is 1. The third-order valence-corrected chi connectivity index (χ3v) is 5.01. The van der Waals surface area contributed by atoms with Crippen molar-refractivity contribution in [3.05, 3.63) is 33.9 Å². The van der Waals surface area contributed by atoms with Crippen LogP contribution in [0.5, 0.6) is 5.75 Å². The Morgan fingerprint density at radius 2 is 2.10 bits per heavy atom. The second-order valence-corrected chi connectivity index (χ2v) is 6.89. The van der Waals surface area contributed by atoms with E-state index in [2.05, 4.69) is 0 Å². The van der Waals surface area contributed by atoms with Crippen LogP contribution in [0.3, 0.4) is 0 Å². The predicted molar refractivity (Wildman–Crippen MR) is 74.0 cm³/mol. The topological polar surface area (TPSA) is 124 Å². The van der Waals surface area contributed by atoms with Crippen molar-refractivity contribution < 1.29 is 28.0 Å². The van der Waals surface area contributed by atoms with Gasteiger partial charge in [-0.3, -0.25) is 14.9 Å². The second kappa shape index (κ2) is 6.53. The molecule has 0 bridgehead atoms. The van der Waals surface area contributed by atoms with Gasteiger partial charge in [-0.25, -0.2) is 8.42 Å². The van der Waals surface area contributed by atoms with Crippen molar-refractivity contribution in [2.24, 2.45) is 0 Å². The van der Waals surface area contributed by atoms with Gasteiger partial charge in [0.05, 0.1) is 29.5 Å². The molecular weight excluding hydrogens is 302 g/mol. The van der Waals surface area contributed by atoms with Crippen molar-refractivity contribution in [1.29, 1.82) is 0 Å². The van der Waals surface area contributed by atoms with E-state index in [1.54, 1.807) is 0 Å². The van der Waals surface area contributed by atoms with E-state index in [1.807, 2.05) is 0 Å². The van der Waals surface area contributed by atoms with Crippen molar-refractivity contribution >= 4 is 21.5 Å². The zero-order valence-corrected chi connectivity index (χ0v) is 12.3. The molecule has 0 aromatic heterocycles. The highest BCUT2D eigenvalue weighted by atomic mass is 32.2. The molecular formula is C12H15NO7S. The molecule has 0 fully saturated rings. The highest BCUT2D eigenvalue weighted by molar-refractivity contribution is 7.91. The minimum absolute atomic E-state index is 0.129. The molecule has 116 valence electrons. The first-order chi connectivity index (χ1) is 9.67. The molecule has 0 radical (unpaired) electrons. The highest BCUT2D eigenvalue weighted by Crippen LogP contribution is 2.27. The van der Waals surface area contributed by atoms with Crippen LogP contribution in [-0.4, -0.2) is 36.8 Å². The summed E-state index contributed by atoms with van der Waals surface area (Å²) in [6, 6.07) is 3.63. The van der Waals surface area contributed by atoms with E-state index in [0.29, 0.717) is 0 Å². The van der Waals surface area contributed by atoms with Gasteiger partial charge in [-0.15, -0.1) is 0 Å². The summed E-state index contributed by atoms with van der Waals surface area (Å²) in [4.78, 5) is 20.7. The zero-order chi connectivity index (χ0) is 16.2. The lowest BCUT2D eigenvalue weighted by atomic mass is 10.2. The van der Waals surface area contributed by atoms with E-state index in [4.69, 9.17) is 9.84 Å². The van der Waals surface area contributed by atoms with Crippen LogP contribution in [0.2, 0.25) is 0 Å². The number of sulfone groups is 1. The molecule has 0 amide bonds. The summed E-state index contributed by atoms with van der Waals surface area (Å²) >= 11 is 0. The van der Waals surface area contributed by atoms with Crippen molar-refractivity contribution in [1.82, 2.24) is 0 Å². The summed E-state index contributed by atoms with van der Waals surface area (Å²) in [6.45, 7) is 1.29. The molecule has 1 atom stereocenters. The van der Waals surface area contributed by atoms with Gasteiger partial charge in [-0.1, -0.05) is 0 Å². The molecule has 0 saturated heterocycles. The molecule has 0 aliphatic heterocycles. The number of rotatable bonds is 7. The Labute approximate surface area is 121 Å². The van der Waals surface area contributed by atoms with Gasteiger partial charge in [0, 0.05) is 17.7 Å². The van der Waals surface area contributed by atoms with Crippen molar-refractivity contribution in [2.75, 3.05) is 7.11 Å². The zero-order valence-electron chi connectivity index (χ0n) is 11.5. The fourth-order valence-electron chi connectivity index (χ4n) is 1.72. The Bertz CT molecular complexity index is 654. The third kappa shape index (κ3) is 4.42. The fraction of sp³-hybridized carbons (Fsp3) is 0.417. The molecule has 0 spiro atoms. The van der Waals surface area contributed by atoms with Gasteiger partial charge in [0.1, 0.15) is 5.75 Å². The first-order valence-electron chi connectivity index (χ1n) is 5.92. The number of ether oxygens (including phenoxy) is 1. The maximum Gasteiger partial charge on any atom is 0.304 e. The van der Waals surface area contributed by atoms with Gasteiger partial charge in [-0.2, -0.15) is 0 Å². The molecule has 1 aromatic carbocycles. The van der Waals surface area contributed by atoms with Gasteiger partial charge < -0.3 is 9.84 Å². The Morgan fingerprint density at radius 3 is 2.57 bits per heavy atom. The molecule has 1 aromatic rings. The number of nitro groups is 1. The Balaban J connectivity index is 3.13. The van der Waals surface area contributed by atoms with Gasteiger partial charge >= 0.3 is 5.97 Å². The quantitative estimate of drug-likeness (QED) is 0.595. The van der Waals surface area contributed by atoms with Crippen molar-refractivity contribution in [3.63, 3.8) is 0 Å². The first-order valence-corrected chi connectivity index (χ1v) is 7.63. The molecule has 21 heavy (non-hydrogen) atoms. The van der Waals surface area contributed by atoms with Gasteiger partial charge in [0.25, 0.3) is 5.69 Å². The average molecular weight is 317 g/mol. The van der Waals surface area contributed by atoms with Crippen LogP contribution in [0, 0.1) is 10.1 Å². The number of hydrogen-bond acceptors (Lipinski definition) is 6. The Kier molecular flexibility index (Phi) is 5.25. The number of carboxylic acids is 1. The van der Waals surface area contributed by atoms with Gasteiger partial charge in [0.15, 0.2) is 9.84 Å². The number of carboxylic acid groups (broad SMARTS) is 1. The van der Waals surface area contributed by atoms with Crippen LogP contribution < -0.4 is 4.74 Å². The summed E-state index contributed by atoms with van der Waals surface area (Å²) in [6.07, 6.45) is -0.528.